The number of rotatable bonds is 0. The van der Waals surface area contributed by atoms with Crippen molar-refractivity contribution in [2.75, 3.05) is 5.73 Å². The fourth-order valence-corrected chi connectivity index (χ4v) is 2.13. The second-order valence-electron chi connectivity index (χ2n) is 2.99. The van der Waals surface area contributed by atoms with Crippen LogP contribution in [0.5, 0.6) is 0 Å². The average molecular weight is 284 g/mol. The third-order valence-corrected chi connectivity index (χ3v) is 2.97. The molecule has 0 unspecified atom stereocenters. The Morgan fingerprint density at radius 3 is 2.77 bits per heavy atom. The normalized spacial score (nSPS) is 10.6. The molecule has 0 atom stereocenters. The summed E-state index contributed by atoms with van der Waals surface area (Å²) in [6, 6.07) is 5.97. The molecule has 1 heterocycles. The molecule has 0 saturated heterocycles. The van der Waals surface area contributed by atoms with Crippen molar-refractivity contribution in [3.05, 3.63) is 33.5 Å². The van der Waals surface area contributed by atoms with Crippen LogP contribution in [-0.4, -0.2) is 4.98 Å². The van der Waals surface area contributed by atoms with Crippen LogP contribution in [0.15, 0.2) is 24.4 Å². The van der Waals surface area contributed by atoms with Crippen molar-refractivity contribution in [1.82, 2.24) is 4.98 Å². The van der Waals surface area contributed by atoms with Crippen LogP contribution in [0.4, 0.5) is 5.69 Å². The number of hydrogen-bond donors (Lipinski definition) is 1. The summed E-state index contributed by atoms with van der Waals surface area (Å²) in [5.41, 5.74) is 8.86. The molecular formula is C10H9IN2. The zero-order valence-electron chi connectivity index (χ0n) is 7.21. The van der Waals surface area contributed by atoms with Crippen molar-refractivity contribution in [2.24, 2.45) is 0 Å². The van der Waals surface area contributed by atoms with E-state index in [9.17, 15) is 0 Å². The first-order valence-electron chi connectivity index (χ1n) is 3.99. The summed E-state index contributed by atoms with van der Waals surface area (Å²) in [5.74, 6) is 0. The molecule has 0 bridgehead atoms. The number of pyridine rings is 1. The standard InChI is InChI=1S/C10H9IN2/c1-6-2-3-7(11)9-8(12)4-5-13-10(6)9/h2-5H,1H3,(H2,12,13). The van der Waals surface area contributed by atoms with Crippen molar-refractivity contribution in [2.45, 2.75) is 6.92 Å². The van der Waals surface area contributed by atoms with E-state index in [0.29, 0.717) is 0 Å². The maximum atomic E-state index is 5.88. The van der Waals surface area contributed by atoms with Gasteiger partial charge in [-0.05, 0) is 47.2 Å². The third kappa shape index (κ3) is 1.37. The lowest BCUT2D eigenvalue weighted by molar-refractivity contribution is 1.36. The fraction of sp³-hybridized carbons (Fsp3) is 0.100. The minimum Gasteiger partial charge on any atom is -0.398 e. The SMILES string of the molecule is Cc1ccc(I)c2c(N)ccnc12. The lowest BCUT2D eigenvalue weighted by atomic mass is 10.1. The molecule has 1 aromatic carbocycles. The Balaban J connectivity index is 3.00. The van der Waals surface area contributed by atoms with Gasteiger partial charge in [0.25, 0.3) is 0 Å². The van der Waals surface area contributed by atoms with E-state index in [2.05, 4.69) is 39.7 Å². The van der Waals surface area contributed by atoms with E-state index in [1.54, 1.807) is 6.20 Å². The maximum absolute atomic E-state index is 5.88. The fourth-order valence-electron chi connectivity index (χ4n) is 1.39. The molecule has 2 nitrogen and oxygen atoms in total. The summed E-state index contributed by atoms with van der Waals surface area (Å²) in [6.07, 6.45) is 1.75. The van der Waals surface area contributed by atoms with Gasteiger partial charge in [0.05, 0.1) is 5.52 Å². The molecule has 0 aliphatic rings. The van der Waals surface area contributed by atoms with Gasteiger partial charge in [0.2, 0.25) is 0 Å². The number of aromatic nitrogens is 1. The molecule has 2 rings (SSSR count). The van der Waals surface area contributed by atoms with Gasteiger partial charge in [-0.3, -0.25) is 4.98 Å². The number of fused-ring (bicyclic) bond motifs is 1. The number of benzene rings is 1. The van der Waals surface area contributed by atoms with Crippen LogP contribution in [0, 0.1) is 10.5 Å². The highest BCUT2D eigenvalue weighted by molar-refractivity contribution is 14.1. The van der Waals surface area contributed by atoms with Crippen LogP contribution in [-0.2, 0) is 0 Å². The predicted octanol–water partition coefficient (Wildman–Crippen LogP) is 2.73. The van der Waals surface area contributed by atoms with Crippen LogP contribution in [0.3, 0.4) is 0 Å². The van der Waals surface area contributed by atoms with Gasteiger partial charge >= 0.3 is 0 Å². The predicted molar refractivity (Wildman–Crippen MR) is 63.6 cm³/mol. The summed E-state index contributed by atoms with van der Waals surface area (Å²) < 4.78 is 1.16. The number of hydrogen-bond acceptors (Lipinski definition) is 2. The second kappa shape index (κ2) is 3.14. The van der Waals surface area contributed by atoms with Crippen LogP contribution in [0.25, 0.3) is 10.9 Å². The third-order valence-electron chi connectivity index (χ3n) is 2.08. The molecule has 66 valence electrons. The first-order valence-corrected chi connectivity index (χ1v) is 5.07. The summed E-state index contributed by atoms with van der Waals surface area (Å²) >= 11 is 2.28. The molecule has 0 aliphatic carbocycles. The lowest BCUT2D eigenvalue weighted by Gasteiger charge is -2.05. The quantitative estimate of drug-likeness (QED) is 0.755. The highest BCUT2D eigenvalue weighted by Gasteiger charge is 2.04. The van der Waals surface area contributed by atoms with Gasteiger partial charge in [-0.25, -0.2) is 0 Å². The molecule has 13 heavy (non-hydrogen) atoms. The number of halogens is 1. The molecule has 0 radical (unpaired) electrons. The molecule has 2 N–H and O–H groups in total. The number of anilines is 1. The molecule has 1 aromatic heterocycles. The van der Waals surface area contributed by atoms with Crippen molar-refractivity contribution in [3.63, 3.8) is 0 Å². The monoisotopic (exact) mass is 284 g/mol. The summed E-state index contributed by atoms with van der Waals surface area (Å²) in [6.45, 7) is 2.05. The summed E-state index contributed by atoms with van der Waals surface area (Å²) in [5, 5.41) is 1.07. The van der Waals surface area contributed by atoms with Crippen molar-refractivity contribution in [3.8, 4) is 0 Å². The highest BCUT2D eigenvalue weighted by Crippen LogP contribution is 2.26. The smallest absolute Gasteiger partial charge is 0.0762 e. The Hall–Kier alpha value is -0.840. The molecule has 0 spiro atoms. The number of nitrogen functional groups attached to an aromatic ring is 1. The Bertz CT molecular complexity index is 457. The van der Waals surface area contributed by atoms with Gasteiger partial charge in [-0.2, -0.15) is 0 Å². The molecule has 3 heteroatoms. The molecule has 0 saturated carbocycles. The van der Waals surface area contributed by atoms with E-state index in [-0.39, 0.29) is 0 Å². The number of aryl methyl sites for hydroxylation is 1. The van der Waals surface area contributed by atoms with Crippen molar-refractivity contribution < 1.29 is 0 Å². The van der Waals surface area contributed by atoms with Crippen LogP contribution >= 0.6 is 22.6 Å². The van der Waals surface area contributed by atoms with Crippen LogP contribution in [0.2, 0.25) is 0 Å². The zero-order chi connectivity index (χ0) is 9.42. The lowest BCUT2D eigenvalue weighted by Crippen LogP contribution is -1.92. The second-order valence-corrected chi connectivity index (χ2v) is 4.15. The Morgan fingerprint density at radius 1 is 1.31 bits per heavy atom. The Labute approximate surface area is 90.3 Å². The van der Waals surface area contributed by atoms with E-state index < -0.39 is 0 Å². The van der Waals surface area contributed by atoms with Crippen LogP contribution in [0.1, 0.15) is 5.56 Å². The Morgan fingerprint density at radius 2 is 2.08 bits per heavy atom. The maximum Gasteiger partial charge on any atom is 0.0762 e. The van der Waals surface area contributed by atoms with Gasteiger partial charge in [0.15, 0.2) is 0 Å². The van der Waals surface area contributed by atoms with Gasteiger partial charge in [-0.15, -0.1) is 0 Å². The van der Waals surface area contributed by atoms with Crippen molar-refractivity contribution >= 4 is 39.2 Å². The molecule has 0 fully saturated rings. The minimum absolute atomic E-state index is 0.804. The van der Waals surface area contributed by atoms with Gasteiger partial charge in [-0.1, -0.05) is 6.07 Å². The van der Waals surface area contributed by atoms with E-state index in [1.165, 1.54) is 5.56 Å². The van der Waals surface area contributed by atoms with E-state index >= 15 is 0 Å². The first-order chi connectivity index (χ1) is 6.20. The number of nitrogens with two attached hydrogens (primary N) is 1. The van der Waals surface area contributed by atoms with Crippen LogP contribution < -0.4 is 5.73 Å². The molecule has 2 aromatic rings. The average Bonchev–Trinajstić information content (AvgIpc) is 2.12. The van der Waals surface area contributed by atoms with Gasteiger partial charge in [0, 0.05) is 20.8 Å². The number of nitrogens with zero attached hydrogens (tertiary/aromatic N) is 1. The van der Waals surface area contributed by atoms with E-state index in [0.717, 1.165) is 20.2 Å². The molecular weight excluding hydrogens is 275 g/mol. The molecule has 0 aliphatic heterocycles. The minimum atomic E-state index is 0.804. The molecule has 0 amide bonds. The van der Waals surface area contributed by atoms with E-state index in [1.807, 2.05) is 13.0 Å². The summed E-state index contributed by atoms with van der Waals surface area (Å²) in [7, 11) is 0. The van der Waals surface area contributed by atoms with Gasteiger partial charge in [0.1, 0.15) is 0 Å². The van der Waals surface area contributed by atoms with E-state index in [4.69, 9.17) is 5.73 Å². The highest BCUT2D eigenvalue weighted by atomic mass is 127. The topological polar surface area (TPSA) is 38.9 Å². The Kier molecular flexibility index (Phi) is 2.11. The van der Waals surface area contributed by atoms with Crippen molar-refractivity contribution in [1.29, 1.82) is 0 Å². The zero-order valence-corrected chi connectivity index (χ0v) is 9.37. The van der Waals surface area contributed by atoms with Gasteiger partial charge < -0.3 is 5.73 Å². The first kappa shape index (κ1) is 8.74. The summed E-state index contributed by atoms with van der Waals surface area (Å²) in [4.78, 5) is 4.32. The largest absolute Gasteiger partial charge is 0.398 e.